The average Bonchev–Trinajstić information content (AvgIpc) is 2.39. The number of aliphatic hydroxyl groups is 2. The second kappa shape index (κ2) is 19.3. The number of benzene rings is 1. The van der Waals surface area contributed by atoms with E-state index in [1.54, 1.807) is 59.9 Å². The Labute approximate surface area is 150 Å². The number of nitrogens with two attached hydrogens (primary N) is 2. The van der Waals surface area contributed by atoms with Crippen LogP contribution in [0.4, 0.5) is 5.69 Å². The van der Waals surface area contributed by atoms with E-state index in [9.17, 15) is 0 Å². The van der Waals surface area contributed by atoms with Crippen molar-refractivity contribution in [2.24, 2.45) is 5.73 Å². The lowest BCUT2D eigenvalue weighted by Crippen LogP contribution is -2.10. The molecule has 0 aliphatic rings. The highest BCUT2D eigenvalue weighted by Crippen LogP contribution is 2.17. The van der Waals surface area contributed by atoms with Crippen LogP contribution in [0.3, 0.4) is 0 Å². The van der Waals surface area contributed by atoms with E-state index in [-0.39, 0.29) is 13.9 Å². The fourth-order valence-electron chi connectivity index (χ4n) is 0.753. The lowest BCUT2D eigenvalue weighted by molar-refractivity contribution is -0.106. The molecule has 7 heteroatoms. The van der Waals surface area contributed by atoms with Crippen LogP contribution in [0.1, 0.15) is 49.9 Å². The molecule has 0 spiro atoms. The first-order valence-corrected chi connectivity index (χ1v) is 7.63. The van der Waals surface area contributed by atoms with Gasteiger partial charge < -0.3 is 26.4 Å². The Morgan fingerprint density at radius 1 is 1.29 bits per heavy atom. The molecule has 0 saturated carbocycles. The van der Waals surface area contributed by atoms with E-state index in [2.05, 4.69) is 5.73 Å². The molecule has 0 aliphatic carbocycles. The van der Waals surface area contributed by atoms with Crippen molar-refractivity contribution in [3.8, 4) is 5.75 Å². The van der Waals surface area contributed by atoms with Gasteiger partial charge in [-0.3, -0.25) is 4.79 Å². The molecule has 0 aromatic heterocycles. The second-order valence-electron chi connectivity index (χ2n) is 5.40. The third-order valence-electron chi connectivity index (χ3n) is 1.25. The Balaban J connectivity index is -0.0000000763. The van der Waals surface area contributed by atoms with E-state index in [0.717, 1.165) is 0 Å². The zero-order valence-corrected chi connectivity index (χ0v) is 16.3. The first-order chi connectivity index (χ1) is 10.9. The Bertz CT molecular complexity index is 392. The smallest absolute Gasteiger partial charge is 0.204 e. The first kappa shape index (κ1) is 30.2. The molecule has 24 heavy (non-hydrogen) atoms. The molecule has 2 radical (unpaired) electrons. The van der Waals surface area contributed by atoms with E-state index in [0.29, 0.717) is 16.9 Å². The highest BCUT2D eigenvalue weighted by molar-refractivity contribution is 6.32. The number of primary amides is 1. The van der Waals surface area contributed by atoms with Gasteiger partial charge in [0.2, 0.25) is 6.41 Å². The van der Waals surface area contributed by atoms with Crippen LogP contribution >= 0.6 is 0 Å². The molecular weight excluding hydrogens is 307 g/mol. The molecule has 1 amide bonds. The predicted octanol–water partition coefficient (Wildman–Crippen LogP) is 1.61. The van der Waals surface area contributed by atoms with Crippen LogP contribution in [0.5, 0.6) is 5.75 Å². The van der Waals surface area contributed by atoms with Gasteiger partial charge in [-0.1, -0.05) is 25.4 Å². The number of carbonyl (C=O) groups excluding carboxylic acids is 1. The molecule has 1 aromatic carbocycles. The number of ether oxygens (including phenoxy) is 1. The van der Waals surface area contributed by atoms with Crippen molar-refractivity contribution in [1.29, 1.82) is 0 Å². The van der Waals surface area contributed by atoms with E-state index >= 15 is 0 Å². The highest BCUT2D eigenvalue weighted by atomic mass is 16.5. The highest BCUT2D eigenvalue weighted by Gasteiger charge is 1.98. The van der Waals surface area contributed by atoms with Crippen molar-refractivity contribution in [1.82, 2.24) is 0 Å². The SMILES string of the molecule is CC.CC(C)(C)O.CC(C)O.NC=O.[B]c1ccc(OC)c(N)c1.[HH]. The lowest BCUT2D eigenvalue weighted by Gasteiger charge is -2.04. The van der Waals surface area contributed by atoms with E-state index in [1.807, 2.05) is 13.8 Å². The molecule has 0 unspecified atom stereocenters. The molecule has 0 saturated heterocycles. The van der Waals surface area contributed by atoms with E-state index < -0.39 is 5.60 Å². The number of hydrogen-bond acceptors (Lipinski definition) is 5. The van der Waals surface area contributed by atoms with Crippen molar-refractivity contribution in [3.05, 3.63) is 18.2 Å². The molecular formula is C17H37BN2O4. The first-order valence-electron chi connectivity index (χ1n) is 7.63. The quantitative estimate of drug-likeness (QED) is 0.351. The second-order valence-corrected chi connectivity index (χ2v) is 5.40. The summed E-state index contributed by atoms with van der Waals surface area (Å²) in [6.45, 7) is 12.7. The van der Waals surface area contributed by atoms with Gasteiger partial charge in [-0.05, 0) is 46.8 Å². The molecule has 0 aliphatic heterocycles. The van der Waals surface area contributed by atoms with Crippen LogP contribution in [0.25, 0.3) is 0 Å². The fourth-order valence-corrected chi connectivity index (χ4v) is 0.753. The van der Waals surface area contributed by atoms with Crippen molar-refractivity contribution in [3.63, 3.8) is 0 Å². The summed E-state index contributed by atoms with van der Waals surface area (Å²) in [7, 11) is 7.02. The molecule has 0 atom stereocenters. The van der Waals surface area contributed by atoms with Crippen LogP contribution in [0.2, 0.25) is 0 Å². The normalized spacial score (nSPS) is 8.62. The van der Waals surface area contributed by atoms with Gasteiger partial charge in [0.15, 0.2) is 0 Å². The van der Waals surface area contributed by atoms with Gasteiger partial charge in [0.05, 0.1) is 18.4 Å². The molecule has 142 valence electrons. The summed E-state index contributed by atoms with van der Waals surface area (Å²) in [5, 5.41) is 16.6. The summed E-state index contributed by atoms with van der Waals surface area (Å²) in [6, 6.07) is 5.15. The van der Waals surface area contributed by atoms with Gasteiger partial charge in [0.25, 0.3) is 0 Å². The summed E-state index contributed by atoms with van der Waals surface area (Å²) in [5.74, 6) is 0.661. The molecule has 6 nitrogen and oxygen atoms in total. The number of amides is 1. The van der Waals surface area contributed by atoms with Crippen LogP contribution in [0, 0.1) is 0 Å². The van der Waals surface area contributed by atoms with Gasteiger partial charge in [-0.15, -0.1) is 0 Å². The minimum absolute atomic E-state index is 0. The topological polar surface area (TPSA) is 119 Å². The van der Waals surface area contributed by atoms with Crippen molar-refractivity contribution in [2.75, 3.05) is 12.8 Å². The standard InChI is InChI=1S/C7H8BNO.C4H10O.C3H8O.C2H6.CH3NO.H2/c1-10-7-3-2-5(8)4-6(7)9;1-4(2,3)5;1-3(2)4;1-2;2-1-3;/h2-4H,9H2,1H3;5H,1-3H3;3-4H,1-2H3;1-2H3;1H,(H2,2,3);1H. The Morgan fingerprint density at radius 3 is 1.79 bits per heavy atom. The molecule has 1 rings (SSSR count). The zero-order chi connectivity index (χ0) is 20.3. The number of nitrogen functional groups attached to an aromatic ring is 1. The van der Waals surface area contributed by atoms with Gasteiger partial charge >= 0.3 is 0 Å². The van der Waals surface area contributed by atoms with Crippen LogP contribution in [-0.4, -0.2) is 43.3 Å². The van der Waals surface area contributed by atoms with Crippen molar-refractivity contribution in [2.45, 2.75) is 60.2 Å². The minimum atomic E-state index is -0.500. The predicted molar refractivity (Wildman–Crippen MR) is 106 cm³/mol. The lowest BCUT2D eigenvalue weighted by atomic mass is 9.96. The third-order valence-corrected chi connectivity index (χ3v) is 1.25. The van der Waals surface area contributed by atoms with Gasteiger partial charge in [0.1, 0.15) is 13.6 Å². The molecule has 6 N–H and O–H groups in total. The maximum absolute atomic E-state index is 8.58. The summed E-state index contributed by atoms with van der Waals surface area (Å²) in [4.78, 5) is 8.58. The molecule has 1 aromatic rings. The summed E-state index contributed by atoms with van der Waals surface area (Å²) >= 11 is 0. The summed E-state index contributed by atoms with van der Waals surface area (Å²) in [6.07, 6.45) is 0.0833. The zero-order valence-electron chi connectivity index (χ0n) is 16.3. The van der Waals surface area contributed by atoms with Gasteiger partial charge in [-0.25, -0.2) is 0 Å². The van der Waals surface area contributed by atoms with Crippen molar-refractivity contribution < 1.29 is 21.2 Å². The van der Waals surface area contributed by atoms with Crippen LogP contribution < -0.4 is 21.7 Å². The number of hydrogen-bond donors (Lipinski definition) is 4. The molecule has 0 fully saturated rings. The fraction of sp³-hybridized carbons (Fsp3) is 0.588. The maximum Gasteiger partial charge on any atom is 0.204 e. The van der Waals surface area contributed by atoms with E-state index in [1.165, 1.54) is 0 Å². The average molecular weight is 344 g/mol. The van der Waals surface area contributed by atoms with Crippen molar-refractivity contribution >= 4 is 25.4 Å². The van der Waals surface area contributed by atoms with Crippen LogP contribution in [-0.2, 0) is 4.79 Å². The van der Waals surface area contributed by atoms with Gasteiger partial charge in [-0.2, -0.15) is 0 Å². The number of methoxy groups -OCH3 is 1. The van der Waals surface area contributed by atoms with Crippen LogP contribution in [0.15, 0.2) is 18.2 Å². The maximum atomic E-state index is 8.58. The Hall–Kier alpha value is -1.73. The monoisotopic (exact) mass is 344 g/mol. The number of anilines is 1. The van der Waals surface area contributed by atoms with Gasteiger partial charge in [0, 0.05) is 7.53 Å². The summed E-state index contributed by atoms with van der Waals surface area (Å²) in [5.41, 5.74) is 10.4. The molecule has 0 heterocycles. The number of carbonyl (C=O) groups is 1. The van der Waals surface area contributed by atoms with E-state index in [4.69, 9.17) is 33.3 Å². The molecule has 0 bridgehead atoms. The summed E-state index contributed by atoms with van der Waals surface area (Å²) < 4.78 is 4.92. The minimum Gasteiger partial charge on any atom is -0.495 e. The third kappa shape index (κ3) is 42.7. The largest absolute Gasteiger partial charge is 0.495 e. The Kier molecular flexibility index (Phi) is 24.3. The number of rotatable bonds is 1. The number of aliphatic hydroxyl groups excluding tert-OH is 1. The Morgan fingerprint density at radius 2 is 1.58 bits per heavy atom.